The first-order valence-electron chi connectivity index (χ1n) is 11.4. The zero-order valence-electron chi connectivity index (χ0n) is 18.8. The van der Waals surface area contributed by atoms with E-state index in [1.54, 1.807) is 12.1 Å². The van der Waals surface area contributed by atoms with Crippen molar-refractivity contribution >= 4 is 40.6 Å². The van der Waals surface area contributed by atoms with E-state index in [1.165, 1.54) is 6.20 Å². The lowest BCUT2D eigenvalue weighted by Gasteiger charge is -2.35. The number of amides is 2. The highest BCUT2D eigenvalue weighted by Crippen LogP contribution is 2.22. The Bertz CT molecular complexity index is 948. The fourth-order valence-corrected chi connectivity index (χ4v) is 4.35. The maximum absolute atomic E-state index is 12.9. The Kier molecular flexibility index (Phi) is 7.80. The Labute approximate surface area is 199 Å². The quantitative estimate of drug-likeness (QED) is 0.672. The summed E-state index contributed by atoms with van der Waals surface area (Å²) in [6.07, 6.45) is 3.15. The molecule has 0 bridgehead atoms. The van der Waals surface area contributed by atoms with Crippen molar-refractivity contribution in [2.75, 3.05) is 54.9 Å². The number of carbonyl (C=O) groups is 2. The van der Waals surface area contributed by atoms with Crippen molar-refractivity contribution in [3.63, 3.8) is 0 Å². The molecule has 2 atom stereocenters. The second-order valence-corrected chi connectivity index (χ2v) is 8.93. The molecule has 2 saturated heterocycles. The van der Waals surface area contributed by atoms with E-state index in [4.69, 9.17) is 16.3 Å². The Morgan fingerprint density at radius 2 is 1.85 bits per heavy atom. The van der Waals surface area contributed by atoms with Crippen molar-refractivity contribution < 1.29 is 14.3 Å². The largest absolute Gasteiger partial charge is 0.378 e. The molecule has 0 radical (unpaired) electrons. The molecule has 2 aliphatic heterocycles. The van der Waals surface area contributed by atoms with E-state index < -0.39 is 0 Å². The Hall–Kier alpha value is -2.68. The summed E-state index contributed by atoms with van der Waals surface area (Å²) in [4.78, 5) is 34.1. The predicted octanol–water partition coefficient (Wildman–Crippen LogP) is 3.25. The molecular weight excluding hydrogens is 442 g/mol. The van der Waals surface area contributed by atoms with Gasteiger partial charge < -0.3 is 20.3 Å². The van der Waals surface area contributed by atoms with Gasteiger partial charge in [0, 0.05) is 37.2 Å². The minimum absolute atomic E-state index is 0.0745. The lowest BCUT2D eigenvalue weighted by Crippen LogP contribution is -2.49. The van der Waals surface area contributed by atoms with Gasteiger partial charge >= 0.3 is 0 Å². The molecule has 1 aromatic carbocycles. The van der Waals surface area contributed by atoms with Gasteiger partial charge in [0.2, 0.25) is 11.8 Å². The molecule has 33 heavy (non-hydrogen) atoms. The molecule has 1 aromatic heterocycles. The van der Waals surface area contributed by atoms with Crippen molar-refractivity contribution in [3.8, 4) is 0 Å². The first-order chi connectivity index (χ1) is 16.0. The average molecular weight is 472 g/mol. The molecule has 0 saturated carbocycles. The molecule has 176 valence electrons. The minimum atomic E-state index is -0.340. The highest BCUT2D eigenvalue weighted by Gasteiger charge is 2.31. The number of rotatable bonds is 6. The van der Waals surface area contributed by atoms with Crippen LogP contribution in [0, 0.1) is 5.92 Å². The van der Waals surface area contributed by atoms with E-state index >= 15 is 0 Å². The summed E-state index contributed by atoms with van der Waals surface area (Å²) >= 11 is 5.86. The summed E-state index contributed by atoms with van der Waals surface area (Å²) in [5.74, 6) is 0.127. The van der Waals surface area contributed by atoms with Crippen molar-refractivity contribution in [2.45, 2.75) is 25.8 Å². The Morgan fingerprint density at radius 1 is 1.09 bits per heavy atom. The monoisotopic (exact) mass is 471 g/mol. The zero-order valence-corrected chi connectivity index (χ0v) is 19.6. The number of halogens is 1. The van der Waals surface area contributed by atoms with Gasteiger partial charge in [-0.3, -0.25) is 14.5 Å². The molecule has 2 fully saturated rings. The van der Waals surface area contributed by atoms with Crippen LogP contribution in [0.2, 0.25) is 5.02 Å². The number of hydrogen-bond donors (Lipinski definition) is 2. The van der Waals surface area contributed by atoms with E-state index in [-0.39, 0.29) is 23.8 Å². The number of nitrogens with zero attached hydrogens (tertiary/aromatic N) is 3. The van der Waals surface area contributed by atoms with Crippen LogP contribution < -0.4 is 15.5 Å². The molecule has 0 aliphatic carbocycles. The second-order valence-electron chi connectivity index (χ2n) is 8.50. The molecule has 2 unspecified atom stereocenters. The van der Waals surface area contributed by atoms with Gasteiger partial charge in [-0.05, 0) is 62.7 Å². The predicted molar refractivity (Wildman–Crippen MR) is 130 cm³/mol. The SMILES string of the molecule is CC(C(=O)Nc1ccc(N2CCOCC2)cc1)N1CCCC(C(=O)Nc2ccc(Cl)cn2)C1. The van der Waals surface area contributed by atoms with E-state index in [1.807, 2.05) is 31.2 Å². The summed E-state index contributed by atoms with van der Waals surface area (Å²) in [6, 6.07) is 10.9. The molecule has 2 amide bonds. The highest BCUT2D eigenvalue weighted by atomic mass is 35.5. The normalized spacial score (nSPS) is 20.2. The lowest BCUT2D eigenvalue weighted by atomic mass is 9.96. The highest BCUT2D eigenvalue weighted by molar-refractivity contribution is 6.30. The second kappa shape index (κ2) is 11.0. The zero-order chi connectivity index (χ0) is 23.2. The number of pyridine rings is 1. The van der Waals surface area contributed by atoms with E-state index in [0.717, 1.165) is 57.1 Å². The van der Waals surface area contributed by atoms with Crippen molar-refractivity contribution in [2.24, 2.45) is 5.92 Å². The third kappa shape index (κ3) is 6.22. The van der Waals surface area contributed by atoms with Gasteiger partial charge in [-0.2, -0.15) is 0 Å². The Balaban J connectivity index is 1.30. The van der Waals surface area contributed by atoms with Crippen LogP contribution in [0.5, 0.6) is 0 Å². The molecule has 9 heteroatoms. The van der Waals surface area contributed by atoms with Crippen LogP contribution in [0.25, 0.3) is 0 Å². The van der Waals surface area contributed by atoms with Gasteiger partial charge in [0.1, 0.15) is 5.82 Å². The smallest absolute Gasteiger partial charge is 0.241 e. The minimum Gasteiger partial charge on any atom is -0.378 e. The van der Waals surface area contributed by atoms with E-state index in [0.29, 0.717) is 17.4 Å². The number of anilines is 3. The standard InChI is InChI=1S/C24H30ClN5O3/c1-17(23(31)27-20-5-7-21(8-6-20)29-11-13-33-14-12-29)30-10-2-3-18(16-30)24(32)28-22-9-4-19(25)15-26-22/h4-9,15,17-18H,2-3,10-14,16H2,1H3,(H,27,31)(H,26,28,32). The molecule has 2 N–H and O–H groups in total. The van der Waals surface area contributed by atoms with Crippen LogP contribution in [0.3, 0.4) is 0 Å². The molecule has 8 nitrogen and oxygen atoms in total. The summed E-state index contributed by atoms with van der Waals surface area (Å²) in [7, 11) is 0. The number of benzene rings is 1. The number of hydrogen-bond acceptors (Lipinski definition) is 6. The number of nitrogens with one attached hydrogen (secondary N) is 2. The van der Waals surface area contributed by atoms with Gasteiger partial charge in [-0.25, -0.2) is 4.98 Å². The average Bonchev–Trinajstić information content (AvgIpc) is 2.86. The van der Waals surface area contributed by atoms with E-state index in [2.05, 4.69) is 25.4 Å². The van der Waals surface area contributed by atoms with Crippen LogP contribution in [-0.2, 0) is 14.3 Å². The molecule has 2 aliphatic rings. The number of likely N-dealkylation sites (tertiary alicyclic amines) is 1. The molecular formula is C24H30ClN5O3. The maximum atomic E-state index is 12.9. The first kappa shape index (κ1) is 23.5. The summed E-state index contributed by atoms with van der Waals surface area (Å²) in [6.45, 7) is 6.43. The molecule has 3 heterocycles. The van der Waals surface area contributed by atoms with Crippen LogP contribution in [0.1, 0.15) is 19.8 Å². The molecule has 4 rings (SSSR count). The van der Waals surface area contributed by atoms with Crippen molar-refractivity contribution in [3.05, 3.63) is 47.6 Å². The number of morpholine rings is 1. The fourth-order valence-electron chi connectivity index (χ4n) is 4.24. The number of piperidine rings is 1. The first-order valence-corrected chi connectivity index (χ1v) is 11.8. The number of carbonyl (C=O) groups excluding carboxylic acids is 2. The summed E-state index contributed by atoms with van der Waals surface area (Å²) in [5, 5.41) is 6.38. The third-order valence-electron chi connectivity index (χ3n) is 6.24. The van der Waals surface area contributed by atoms with Crippen molar-refractivity contribution in [1.82, 2.24) is 9.88 Å². The molecule has 0 spiro atoms. The van der Waals surface area contributed by atoms with Crippen LogP contribution in [0.15, 0.2) is 42.6 Å². The summed E-state index contributed by atoms with van der Waals surface area (Å²) in [5.41, 5.74) is 1.90. The van der Waals surface area contributed by atoms with Gasteiger partial charge in [0.25, 0.3) is 0 Å². The van der Waals surface area contributed by atoms with Gasteiger partial charge in [-0.1, -0.05) is 11.6 Å². The van der Waals surface area contributed by atoms with Crippen LogP contribution in [0.4, 0.5) is 17.2 Å². The molecule has 2 aromatic rings. The number of ether oxygens (including phenoxy) is 1. The van der Waals surface area contributed by atoms with Gasteiger partial charge in [-0.15, -0.1) is 0 Å². The van der Waals surface area contributed by atoms with E-state index in [9.17, 15) is 9.59 Å². The fraction of sp³-hybridized carbons (Fsp3) is 0.458. The van der Waals surface area contributed by atoms with Gasteiger partial charge in [0.05, 0.1) is 30.2 Å². The third-order valence-corrected chi connectivity index (χ3v) is 6.46. The topological polar surface area (TPSA) is 86.8 Å². The maximum Gasteiger partial charge on any atom is 0.241 e. The van der Waals surface area contributed by atoms with Crippen LogP contribution >= 0.6 is 11.6 Å². The van der Waals surface area contributed by atoms with Gasteiger partial charge in [0.15, 0.2) is 0 Å². The summed E-state index contributed by atoms with van der Waals surface area (Å²) < 4.78 is 5.40. The number of aromatic nitrogens is 1. The van der Waals surface area contributed by atoms with Crippen LogP contribution in [-0.4, -0.2) is 67.1 Å². The Morgan fingerprint density at radius 3 is 2.55 bits per heavy atom. The lowest BCUT2D eigenvalue weighted by molar-refractivity contribution is -0.125. The van der Waals surface area contributed by atoms with Crippen molar-refractivity contribution in [1.29, 1.82) is 0 Å².